The lowest BCUT2D eigenvalue weighted by Crippen LogP contribution is -2.34. The zero-order valence-corrected chi connectivity index (χ0v) is 9.50. The van der Waals surface area contributed by atoms with Crippen LogP contribution in [0.1, 0.15) is 19.8 Å². The van der Waals surface area contributed by atoms with Crippen LogP contribution in [0.4, 0.5) is 5.69 Å². The van der Waals surface area contributed by atoms with E-state index in [0.29, 0.717) is 0 Å². The fourth-order valence-corrected chi connectivity index (χ4v) is 2.26. The molecule has 80 valence electrons. The highest BCUT2D eigenvalue weighted by molar-refractivity contribution is 6.30. The molecule has 0 aliphatic carbocycles. The third kappa shape index (κ3) is 2.15. The van der Waals surface area contributed by atoms with Crippen LogP contribution in [0, 0.1) is 0 Å². The van der Waals surface area contributed by atoms with E-state index in [2.05, 4.69) is 4.90 Å². The molecule has 1 aromatic carbocycles. The zero-order valence-electron chi connectivity index (χ0n) is 8.74. The Balaban J connectivity index is 2.22. The summed E-state index contributed by atoms with van der Waals surface area (Å²) < 4.78 is 0. The Labute approximate surface area is 94.8 Å². The van der Waals surface area contributed by atoms with Crippen LogP contribution in [0.15, 0.2) is 24.3 Å². The maximum Gasteiger partial charge on any atom is 0.152 e. The van der Waals surface area contributed by atoms with Gasteiger partial charge in [-0.3, -0.25) is 4.79 Å². The van der Waals surface area contributed by atoms with Crippen LogP contribution in [0.5, 0.6) is 0 Å². The SMILES string of the molecule is CC(=O)C1CCCN1c1ccc(Cl)cc1. The van der Waals surface area contributed by atoms with Gasteiger partial charge in [0.15, 0.2) is 5.78 Å². The van der Waals surface area contributed by atoms with Crippen molar-refractivity contribution in [3.63, 3.8) is 0 Å². The molecule has 1 aliphatic rings. The smallest absolute Gasteiger partial charge is 0.152 e. The lowest BCUT2D eigenvalue weighted by molar-refractivity contribution is -0.118. The van der Waals surface area contributed by atoms with Gasteiger partial charge >= 0.3 is 0 Å². The van der Waals surface area contributed by atoms with Crippen LogP contribution in [0.2, 0.25) is 5.02 Å². The first-order valence-electron chi connectivity index (χ1n) is 5.21. The van der Waals surface area contributed by atoms with E-state index in [-0.39, 0.29) is 11.8 Å². The summed E-state index contributed by atoms with van der Waals surface area (Å²) >= 11 is 5.83. The van der Waals surface area contributed by atoms with Crippen molar-refractivity contribution in [2.75, 3.05) is 11.4 Å². The molecular weight excluding hydrogens is 210 g/mol. The minimum absolute atomic E-state index is 0.0613. The van der Waals surface area contributed by atoms with Gasteiger partial charge in [-0.2, -0.15) is 0 Å². The van der Waals surface area contributed by atoms with Gasteiger partial charge in [-0.1, -0.05) is 11.6 Å². The number of benzene rings is 1. The van der Waals surface area contributed by atoms with Crippen LogP contribution in [-0.2, 0) is 4.79 Å². The summed E-state index contributed by atoms with van der Waals surface area (Å²) in [4.78, 5) is 13.6. The third-order valence-corrected chi connectivity index (χ3v) is 3.13. The van der Waals surface area contributed by atoms with Gasteiger partial charge in [0.1, 0.15) is 0 Å². The lowest BCUT2D eigenvalue weighted by atomic mass is 10.1. The highest BCUT2D eigenvalue weighted by Gasteiger charge is 2.27. The van der Waals surface area contributed by atoms with E-state index in [4.69, 9.17) is 11.6 Å². The summed E-state index contributed by atoms with van der Waals surface area (Å²) in [5, 5.41) is 0.734. The number of nitrogens with zero attached hydrogens (tertiary/aromatic N) is 1. The fourth-order valence-electron chi connectivity index (χ4n) is 2.13. The van der Waals surface area contributed by atoms with Gasteiger partial charge in [0.25, 0.3) is 0 Å². The Morgan fingerprint density at radius 2 is 2.07 bits per heavy atom. The Kier molecular flexibility index (Phi) is 2.96. The maximum absolute atomic E-state index is 11.4. The molecule has 2 rings (SSSR count). The molecule has 1 fully saturated rings. The molecule has 0 spiro atoms. The summed E-state index contributed by atoms with van der Waals surface area (Å²) in [5.41, 5.74) is 1.09. The summed E-state index contributed by atoms with van der Waals surface area (Å²) in [7, 11) is 0. The molecule has 0 saturated carbocycles. The van der Waals surface area contributed by atoms with Crippen LogP contribution >= 0.6 is 11.6 Å². The number of carbonyl (C=O) groups excluding carboxylic acids is 1. The average molecular weight is 224 g/mol. The first-order valence-corrected chi connectivity index (χ1v) is 5.59. The lowest BCUT2D eigenvalue weighted by Gasteiger charge is -2.24. The van der Waals surface area contributed by atoms with Crippen LogP contribution < -0.4 is 4.90 Å². The predicted molar refractivity (Wildman–Crippen MR) is 62.5 cm³/mol. The zero-order chi connectivity index (χ0) is 10.8. The molecule has 1 heterocycles. The van der Waals surface area contributed by atoms with Crippen molar-refractivity contribution in [2.45, 2.75) is 25.8 Å². The average Bonchev–Trinajstić information content (AvgIpc) is 2.67. The number of hydrogen-bond donors (Lipinski definition) is 0. The molecule has 1 unspecified atom stereocenters. The van der Waals surface area contributed by atoms with E-state index >= 15 is 0 Å². The van der Waals surface area contributed by atoms with E-state index in [1.807, 2.05) is 24.3 Å². The van der Waals surface area contributed by atoms with Crippen LogP contribution in [0.3, 0.4) is 0 Å². The molecular formula is C12H14ClNO. The van der Waals surface area contributed by atoms with Gasteiger partial charge in [0, 0.05) is 17.3 Å². The number of rotatable bonds is 2. The second-order valence-corrected chi connectivity index (χ2v) is 4.37. The third-order valence-electron chi connectivity index (χ3n) is 2.88. The van der Waals surface area contributed by atoms with Crippen molar-refractivity contribution in [3.05, 3.63) is 29.3 Å². The Hall–Kier alpha value is -1.02. The van der Waals surface area contributed by atoms with Gasteiger partial charge in [0.05, 0.1) is 6.04 Å². The predicted octanol–water partition coefficient (Wildman–Crippen LogP) is 2.90. The van der Waals surface area contributed by atoms with Crippen LogP contribution in [-0.4, -0.2) is 18.4 Å². The molecule has 0 amide bonds. The number of hydrogen-bond acceptors (Lipinski definition) is 2. The van der Waals surface area contributed by atoms with Crippen molar-refractivity contribution in [2.24, 2.45) is 0 Å². The first kappa shape index (κ1) is 10.5. The van der Waals surface area contributed by atoms with E-state index < -0.39 is 0 Å². The highest BCUT2D eigenvalue weighted by atomic mass is 35.5. The molecule has 1 aromatic rings. The number of halogens is 1. The molecule has 3 heteroatoms. The minimum atomic E-state index is 0.0613. The number of Topliss-reactive ketones (excluding diaryl/α,β-unsaturated/α-hetero) is 1. The first-order chi connectivity index (χ1) is 7.18. The number of ketones is 1. The van der Waals surface area contributed by atoms with Crippen molar-refractivity contribution in [1.29, 1.82) is 0 Å². The van der Waals surface area contributed by atoms with E-state index in [1.165, 1.54) is 0 Å². The standard InChI is InChI=1S/C12H14ClNO/c1-9(15)12-3-2-8-14(12)11-6-4-10(13)5-7-11/h4-7,12H,2-3,8H2,1H3. The van der Waals surface area contributed by atoms with E-state index in [1.54, 1.807) is 6.92 Å². The van der Waals surface area contributed by atoms with Gasteiger partial charge in [-0.15, -0.1) is 0 Å². The molecule has 1 saturated heterocycles. The summed E-state index contributed by atoms with van der Waals surface area (Å²) in [6.07, 6.45) is 2.06. The minimum Gasteiger partial charge on any atom is -0.361 e. The molecule has 0 radical (unpaired) electrons. The van der Waals surface area contributed by atoms with Gasteiger partial charge < -0.3 is 4.90 Å². The molecule has 15 heavy (non-hydrogen) atoms. The van der Waals surface area contributed by atoms with Gasteiger partial charge in [-0.05, 0) is 44.0 Å². The van der Waals surface area contributed by atoms with E-state index in [9.17, 15) is 4.79 Å². The second-order valence-electron chi connectivity index (χ2n) is 3.94. The number of carbonyl (C=O) groups is 1. The molecule has 0 aromatic heterocycles. The second kappa shape index (κ2) is 4.23. The van der Waals surface area contributed by atoms with Gasteiger partial charge in [0.2, 0.25) is 0 Å². The largest absolute Gasteiger partial charge is 0.361 e. The van der Waals surface area contributed by atoms with Crippen molar-refractivity contribution >= 4 is 23.1 Å². The molecule has 0 bridgehead atoms. The van der Waals surface area contributed by atoms with Crippen molar-refractivity contribution < 1.29 is 4.79 Å². The topological polar surface area (TPSA) is 20.3 Å². The monoisotopic (exact) mass is 223 g/mol. The molecule has 1 atom stereocenters. The molecule has 1 aliphatic heterocycles. The Morgan fingerprint density at radius 3 is 2.67 bits per heavy atom. The quantitative estimate of drug-likeness (QED) is 0.769. The van der Waals surface area contributed by atoms with Crippen molar-refractivity contribution in [1.82, 2.24) is 0 Å². The summed E-state index contributed by atoms with van der Waals surface area (Å²) in [6, 6.07) is 7.75. The Morgan fingerprint density at radius 1 is 1.40 bits per heavy atom. The number of anilines is 1. The van der Waals surface area contributed by atoms with Crippen molar-refractivity contribution in [3.8, 4) is 0 Å². The molecule has 2 nitrogen and oxygen atoms in total. The fraction of sp³-hybridized carbons (Fsp3) is 0.417. The highest BCUT2D eigenvalue weighted by Crippen LogP contribution is 2.26. The van der Waals surface area contributed by atoms with Crippen LogP contribution in [0.25, 0.3) is 0 Å². The van der Waals surface area contributed by atoms with E-state index in [0.717, 1.165) is 30.1 Å². The maximum atomic E-state index is 11.4. The summed E-state index contributed by atoms with van der Waals surface area (Å²) in [5.74, 6) is 0.252. The molecule has 0 N–H and O–H groups in total. The summed E-state index contributed by atoms with van der Waals surface area (Å²) in [6.45, 7) is 2.63. The normalized spacial score (nSPS) is 20.7. The van der Waals surface area contributed by atoms with Gasteiger partial charge in [-0.25, -0.2) is 0 Å². The Bertz CT molecular complexity index is 360.